The summed E-state index contributed by atoms with van der Waals surface area (Å²) in [7, 11) is -3.38. The zero-order valence-corrected chi connectivity index (χ0v) is 14.0. The standard InChI is InChI=1S/C14H22N2O2S.ClH/c1-10-5-6-14(11(2)7-10)19(17,18)16-8-12(3)15-13(4)9-16;/h5-7,12-13,15H,8-9H2,1-4H3;1H. The van der Waals surface area contributed by atoms with Crippen LogP contribution in [0, 0.1) is 13.8 Å². The van der Waals surface area contributed by atoms with Crippen LogP contribution in [0.2, 0.25) is 0 Å². The topological polar surface area (TPSA) is 49.4 Å². The predicted octanol–water partition coefficient (Wildman–Crippen LogP) is 2.10. The lowest BCUT2D eigenvalue weighted by molar-refractivity contribution is 0.263. The molecule has 1 heterocycles. The minimum absolute atomic E-state index is 0. The van der Waals surface area contributed by atoms with Gasteiger partial charge in [0.1, 0.15) is 0 Å². The van der Waals surface area contributed by atoms with Gasteiger partial charge in [-0.2, -0.15) is 4.31 Å². The Bertz CT molecular complexity index is 565. The molecule has 1 N–H and O–H groups in total. The lowest BCUT2D eigenvalue weighted by atomic mass is 10.2. The quantitative estimate of drug-likeness (QED) is 0.908. The molecule has 1 aromatic rings. The normalized spacial score (nSPS) is 24.2. The first kappa shape index (κ1) is 17.4. The van der Waals surface area contributed by atoms with Crippen molar-refractivity contribution in [2.24, 2.45) is 0 Å². The lowest BCUT2D eigenvalue weighted by Gasteiger charge is -2.35. The van der Waals surface area contributed by atoms with Crippen molar-refractivity contribution in [3.63, 3.8) is 0 Å². The summed E-state index contributed by atoms with van der Waals surface area (Å²) < 4.78 is 27.0. The van der Waals surface area contributed by atoms with Gasteiger partial charge in [-0.3, -0.25) is 0 Å². The molecule has 0 bridgehead atoms. The maximum absolute atomic E-state index is 12.7. The molecule has 114 valence electrons. The highest BCUT2D eigenvalue weighted by Crippen LogP contribution is 2.22. The highest BCUT2D eigenvalue weighted by Gasteiger charge is 2.32. The zero-order valence-electron chi connectivity index (χ0n) is 12.4. The van der Waals surface area contributed by atoms with Crippen LogP contribution in [-0.2, 0) is 10.0 Å². The second kappa shape index (κ2) is 6.43. The largest absolute Gasteiger partial charge is 0.309 e. The molecule has 1 aromatic carbocycles. The van der Waals surface area contributed by atoms with Gasteiger partial charge in [-0.25, -0.2) is 8.42 Å². The van der Waals surface area contributed by atoms with E-state index in [0.717, 1.165) is 11.1 Å². The number of benzene rings is 1. The van der Waals surface area contributed by atoms with Crippen molar-refractivity contribution >= 4 is 22.4 Å². The highest BCUT2D eigenvalue weighted by molar-refractivity contribution is 7.89. The van der Waals surface area contributed by atoms with Gasteiger partial charge in [0.05, 0.1) is 4.90 Å². The van der Waals surface area contributed by atoms with E-state index >= 15 is 0 Å². The Morgan fingerprint density at radius 3 is 2.20 bits per heavy atom. The number of piperazine rings is 1. The van der Waals surface area contributed by atoms with Crippen LogP contribution in [0.5, 0.6) is 0 Å². The van der Waals surface area contributed by atoms with Crippen LogP contribution in [0.25, 0.3) is 0 Å². The molecule has 1 aliphatic heterocycles. The van der Waals surface area contributed by atoms with E-state index < -0.39 is 10.0 Å². The summed E-state index contributed by atoms with van der Waals surface area (Å²) in [6.45, 7) is 8.91. The summed E-state index contributed by atoms with van der Waals surface area (Å²) >= 11 is 0. The first-order valence-electron chi connectivity index (χ1n) is 6.64. The number of halogens is 1. The molecule has 1 aliphatic rings. The molecule has 2 unspecified atom stereocenters. The second-order valence-electron chi connectivity index (χ2n) is 5.56. The van der Waals surface area contributed by atoms with Gasteiger partial charge >= 0.3 is 0 Å². The van der Waals surface area contributed by atoms with Crippen molar-refractivity contribution in [2.75, 3.05) is 13.1 Å². The minimum atomic E-state index is -3.38. The fourth-order valence-electron chi connectivity index (χ4n) is 2.70. The van der Waals surface area contributed by atoms with Crippen LogP contribution in [0.3, 0.4) is 0 Å². The molecular weight excluding hydrogens is 296 g/mol. The molecular formula is C14H23ClN2O2S. The predicted molar refractivity (Wildman–Crippen MR) is 84.0 cm³/mol. The highest BCUT2D eigenvalue weighted by atomic mass is 35.5. The molecule has 20 heavy (non-hydrogen) atoms. The third-order valence-corrected chi connectivity index (χ3v) is 5.46. The summed E-state index contributed by atoms with van der Waals surface area (Å²) in [4.78, 5) is 0.430. The third-order valence-electron chi connectivity index (χ3n) is 3.47. The van der Waals surface area contributed by atoms with Gasteiger partial charge in [0, 0.05) is 25.2 Å². The van der Waals surface area contributed by atoms with Crippen LogP contribution in [0.1, 0.15) is 25.0 Å². The van der Waals surface area contributed by atoms with E-state index in [4.69, 9.17) is 0 Å². The molecule has 0 saturated carbocycles. The van der Waals surface area contributed by atoms with E-state index in [2.05, 4.69) is 5.32 Å². The van der Waals surface area contributed by atoms with Gasteiger partial charge in [-0.15, -0.1) is 12.4 Å². The van der Waals surface area contributed by atoms with Crippen molar-refractivity contribution in [3.8, 4) is 0 Å². The van der Waals surface area contributed by atoms with Gasteiger partial charge in [-0.05, 0) is 39.3 Å². The van der Waals surface area contributed by atoms with E-state index in [9.17, 15) is 8.42 Å². The Labute approximate surface area is 128 Å². The first-order chi connectivity index (χ1) is 8.80. The molecule has 0 spiro atoms. The SMILES string of the molecule is Cc1ccc(S(=O)(=O)N2CC(C)NC(C)C2)c(C)c1.Cl. The van der Waals surface area contributed by atoms with E-state index in [1.54, 1.807) is 10.4 Å². The molecule has 1 fully saturated rings. The Morgan fingerprint density at radius 2 is 1.70 bits per heavy atom. The van der Waals surface area contributed by atoms with Gasteiger partial charge in [0.25, 0.3) is 0 Å². The van der Waals surface area contributed by atoms with Gasteiger partial charge < -0.3 is 5.32 Å². The monoisotopic (exact) mass is 318 g/mol. The van der Waals surface area contributed by atoms with Crippen LogP contribution in [0.4, 0.5) is 0 Å². The van der Waals surface area contributed by atoms with E-state index in [1.165, 1.54) is 0 Å². The van der Waals surface area contributed by atoms with Crippen molar-refractivity contribution < 1.29 is 8.42 Å². The fraction of sp³-hybridized carbons (Fsp3) is 0.571. The van der Waals surface area contributed by atoms with Crippen molar-refractivity contribution in [3.05, 3.63) is 29.3 Å². The Hall–Kier alpha value is -0.620. The molecule has 0 aromatic heterocycles. The van der Waals surface area contributed by atoms with Gasteiger partial charge in [0.15, 0.2) is 0 Å². The van der Waals surface area contributed by atoms with Gasteiger partial charge in [0.2, 0.25) is 10.0 Å². The molecule has 0 radical (unpaired) electrons. The second-order valence-corrected chi connectivity index (χ2v) is 7.47. The molecule has 2 rings (SSSR count). The Kier molecular flexibility index (Phi) is 5.61. The van der Waals surface area contributed by atoms with Crippen LogP contribution in [-0.4, -0.2) is 37.9 Å². The lowest BCUT2D eigenvalue weighted by Crippen LogP contribution is -2.55. The van der Waals surface area contributed by atoms with Gasteiger partial charge in [-0.1, -0.05) is 17.7 Å². The van der Waals surface area contributed by atoms with E-state index in [0.29, 0.717) is 18.0 Å². The summed E-state index contributed by atoms with van der Waals surface area (Å²) in [6.07, 6.45) is 0. The molecule has 1 saturated heterocycles. The van der Waals surface area contributed by atoms with E-state index in [-0.39, 0.29) is 24.5 Å². The molecule has 2 atom stereocenters. The van der Waals surface area contributed by atoms with Crippen LogP contribution in [0.15, 0.2) is 23.1 Å². The van der Waals surface area contributed by atoms with Crippen LogP contribution >= 0.6 is 12.4 Å². The minimum Gasteiger partial charge on any atom is -0.309 e. The number of hydrogen-bond acceptors (Lipinski definition) is 3. The summed E-state index contributed by atoms with van der Waals surface area (Å²) in [5.41, 5.74) is 1.90. The molecule has 0 aliphatic carbocycles. The third kappa shape index (κ3) is 3.52. The summed E-state index contributed by atoms with van der Waals surface area (Å²) in [5, 5.41) is 3.35. The number of rotatable bonds is 2. The number of nitrogens with one attached hydrogen (secondary N) is 1. The number of hydrogen-bond donors (Lipinski definition) is 1. The molecule has 0 amide bonds. The van der Waals surface area contributed by atoms with Crippen LogP contribution < -0.4 is 5.32 Å². The van der Waals surface area contributed by atoms with Crippen molar-refractivity contribution in [1.82, 2.24) is 9.62 Å². The number of sulfonamides is 1. The zero-order chi connectivity index (χ0) is 14.2. The maximum Gasteiger partial charge on any atom is 0.243 e. The Morgan fingerprint density at radius 1 is 1.15 bits per heavy atom. The Balaban J connectivity index is 0.00000200. The number of nitrogens with zero attached hydrogens (tertiary/aromatic N) is 1. The first-order valence-corrected chi connectivity index (χ1v) is 8.08. The summed E-state index contributed by atoms with van der Waals surface area (Å²) in [6, 6.07) is 5.86. The van der Waals surface area contributed by atoms with E-state index in [1.807, 2.05) is 39.8 Å². The molecule has 6 heteroatoms. The summed E-state index contributed by atoms with van der Waals surface area (Å²) in [5.74, 6) is 0. The smallest absolute Gasteiger partial charge is 0.243 e. The number of aryl methyl sites for hydroxylation is 2. The average Bonchev–Trinajstić information content (AvgIpc) is 2.26. The average molecular weight is 319 g/mol. The fourth-order valence-corrected chi connectivity index (χ4v) is 4.52. The van der Waals surface area contributed by atoms with Crippen molar-refractivity contribution in [2.45, 2.75) is 44.7 Å². The maximum atomic E-state index is 12.7. The molecule has 4 nitrogen and oxygen atoms in total. The van der Waals surface area contributed by atoms with Crippen molar-refractivity contribution in [1.29, 1.82) is 0 Å².